The molecular weight excluding hydrogens is 262 g/mol. The first-order chi connectivity index (χ1) is 9.17. The summed E-state index contributed by atoms with van der Waals surface area (Å²) in [6, 6.07) is 4.10. The fourth-order valence-electron chi connectivity index (χ4n) is 2.50. The van der Waals surface area contributed by atoms with Crippen molar-refractivity contribution in [2.24, 2.45) is 0 Å². The first-order valence-corrected chi connectivity index (χ1v) is 7.83. The Labute approximate surface area is 114 Å². The van der Waals surface area contributed by atoms with Crippen molar-refractivity contribution in [3.8, 4) is 5.75 Å². The van der Waals surface area contributed by atoms with Crippen molar-refractivity contribution in [1.82, 2.24) is 9.78 Å². The summed E-state index contributed by atoms with van der Waals surface area (Å²) in [6.07, 6.45) is 3.87. The van der Waals surface area contributed by atoms with Crippen molar-refractivity contribution in [2.75, 3.05) is 24.3 Å². The zero-order valence-electron chi connectivity index (χ0n) is 10.8. The van der Waals surface area contributed by atoms with E-state index in [9.17, 15) is 4.55 Å². The fraction of sp³-hybridized carbons (Fsp3) is 0.462. The molecule has 3 rings (SSSR count). The van der Waals surface area contributed by atoms with Gasteiger partial charge in [0.25, 0.3) is 0 Å². The van der Waals surface area contributed by atoms with Gasteiger partial charge < -0.3 is 15.0 Å². The molecule has 1 aromatic heterocycles. The van der Waals surface area contributed by atoms with Crippen LogP contribution in [0.25, 0.3) is 10.9 Å². The van der Waals surface area contributed by atoms with Crippen LogP contribution in [0.2, 0.25) is 0 Å². The van der Waals surface area contributed by atoms with Gasteiger partial charge in [-0.2, -0.15) is 5.10 Å². The second kappa shape index (κ2) is 4.94. The van der Waals surface area contributed by atoms with Gasteiger partial charge in [-0.1, -0.05) is 11.2 Å². The Kier molecular flexibility index (Phi) is 3.28. The predicted octanol–water partition coefficient (Wildman–Crippen LogP) is 1.71. The highest BCUT2D eigenvalue weighted by atomic mass is 32.2. The molecule has 6 heteroatoms. The van der Waals surface area contributed by atoms with E-state index in [-0.39, 0.29) is 0 Å². The molecule has 1 aromatic carbocycles. The first kappa shape index (κ1) is 12.6. The number of ether oxygens (including phenoxy) is 1. The van der Waals surface area contributed by atoms with Crippen LogP contribution in [0.1, 0.15) is 18.9 Å². The van der Waals surface area contributed by atoms with E-state index in [4.69, 9.17) is 10.5 Å². The second-order valence-electron chi connectivity index (χ2n) is 4.84. The molecule has 102 valence electrons. The summed E-state index contributed by atoms with van der Waals surface area (Å²) in [5.74, 6) is 2.20. The molecular formula is C13H17N3O2S. The monoisotopic (exact) mass is 279 g/mol. The van der Waals surface area contributed by atoms with Crippen LogP contribution in [-0.4, -0.2) is 32.9 Å². The summed E-state index contributed by atoms with van der Waals surface area (Å²) in [4.78, 5) is 0. The Bertz CT molecular complexity index is 591. The first-order valence-electron chi connectivity index (χ1n) is 6.34. The van der Waals surface area contributed by atoms with E-state index in [0.29, 0.717) is 17.5 Å². The molecule has 1 aliphatic rings. The van der Waals surface area contributed by atoms with Crippen LogP contribution >= 0.6 is 0 Å². The average molecular weight is 279 g/mol. The lowest BCUT2D eigenvalue weighted by Gasteiger charge is -2.24. The largest absolute Gasteiger partial charge is 0.616 e. The van der Waals surface area contributed by atoms with E-state index in [1.807, 2.05) is 23.0 Å². The van der Waals surface area contributed by atoms with Gasteiger partial charge in [0.2, 0.25) is 0 Å². The standard InChI is InChI=1S/C13H17N3O2S/c1-18-13-7-12-9(6-11(13)14)8-16(15-12)10-2-4-19(17)5-3-10/h6-8,10H,2-5,14H2,1H3. The number of rotatable bonds is 2. The summed E-state index contributed by atoms with van der Waals surface area (Å²) in [6.45, 7) is 0. The molecule has 19 heavy (non-hydrogen) atoms. The number of nitrogens with two attached hydrogens (primary N) is 1. The molecule has 1 fully saturated rings. The third kappa shape index (κ3) is 2.37. The van der Waals surface area contributed by atoms with E-state index in [1.165, 1.54) is 0 Å². The summed E-state index contributed by atoms with van der Waals surface area (Å²) in [7, 11) is 1.60. The summed E-state index contributed by atoms with van der Waals surface area (Å²) >= 11 is -0.642. The van der Waals surface area contributed by atoms with Gasteiger partial charge in [-0.05, 0) is 6.07 Å². The van der Waals surface area contributed by atoms with Crippen LogP contribution < -0.4 is 10.5 Å². The maximum absolute atomic E-state index is 11.4. The van der Waals surface area contributed by atoms with Gasteiger partial charge in [0.05, 0.1) is 24.4 Å². The van der Waals surface area contributed by atoms with Crippen molar-refractivity contribution in [3.63, 3.8) is 0 Å². The Morgan fingerprint density at radius 3 is 2.84 bits per heavy atom. The van der Waals surface area contributed by atoms with E-state index in [2.05, 4.69) is 5.10 Å². The highest BCUT2D eigenvalue weighted by Gasteiger charge is 2.24. The van der Waals surface area contributed by atoms with Gasteiger partial charge in [0, 0.05) is 30.5 Å². The number of nitrogen functional groups attached to an aromatic ring is 1. The molecule has 0 radical (unpaired) electrons. The molecule has 2 heterocycles. The van der Waals surface area contributed by atoms with Gasteiger partial charge in [-0.25, -0.2) is 0 Å². The molecule has 0 spiro atoms. The Morgan fingerprint density at radius 2 is 2.16 bits per heavy atom. The number of hydrogen-bond donors (Lipinski definition) is 1. The summed E-state index contributed by atoms with van der Waals surface area (Å²) in [5.41, 5.74) is 7.41. The minimum atomic E-state index is -0.642. The number of aromatic nitrogens is 2. The number of hydrogen-bond acceptors (Lipinski definition) is 4. The van der Waals surface area contributed by atoms with E-state index >= 15 is 0 Å². The smallest absolute Gasteiger partial charge is 0.144 e. The van der Waals surface area contributed by atoms with Crippen LogP contribution in [0.4, 0.5) is 5.69 Å². The van der Waals surface area contributed by atoms with Crippen molar-refractivity contribution in [2.45, 2.75) is 18.9 Å². The minimum absolute atomic E-state index is 0.345. The van der Waals surface area contributed by atoms with Crippen molar-refractivity contribution in [3.05, 3.63) is 18.3 Å². The van der Waals surface area contributed by atoms with Gasteiger partial charge >= 0.3 is 0 Å². The molecule has 2 N–H and O–H groups in total. The summed E-state index contributed by atoms with van der Waals surface area (Å²) < 4.78 is 18.6. The van der Waals surface area contributed by atoms with Crippen molar-refractivity contribution >= 4 is 27.8 Å². The molecule has 5 nitrogen and oxygen atoms in total. The van der Waals surface area contributed by atoms with Crippen LogP contribution in [0, 0.1) is 0 Å². The number of anilines is 1. The quantitative estimate of drug-likeness (QED) is 0.670. The second-order valence-corrected chi connectivity index (χ2v) is 6.54. The molecule has 0 unspecified atom stereocenters. The lowest BCUT2D eigenvalue weighted by molar-refractivity contribution is 0.414. The fourth-order valence-corrected chi connectivity index (χ4v) is 3.77. The van der Waals surface area contributed by atoms with Gasteiger partial charge in [-0.3, -0.25) is 4.68 Å². The highest BCUT2D eigenvalue weighted by Crippen LogP contribution is 2.30. The normalized spacial score (nSPS) is 23.7. The van der Waals surface area contributed by atoms with Crippen LogP contribution in [-0.2, 0) is 11.2 Å². The predicted molar refractivity (Wildman–Crippen MR) is 76.8 cm³/mol. The highest BCUT2D eigenvalue weighted by molar-refractivity contribution is 7.91. The topological polar surface area (TPSA) is 76.1 Å². The molecule has 0 atom stereocenters. The lowest BCUT2D eigenvalue weighted by atomic mass is 10.1. The van der Waals surface area contributed by atoms with Crippen LogP contribution in [0.3, 0.4) is 0 Å². The Balaban J connectivity index is 1.93. The zero-order valence-corrected chi connectivity index (χ0v) is 11.7. The number of nitrogens with zero attached hydrogens (tertiary/aromatic N) is 2. The van der Waals surface area contributed by atoms with Crippen molar-refractivity contribution < 1.29 is 9.29 Å². The maximum atomic E-state index is 11.4. The van der Waals surface area contributed by atoms with E-state index in [0.717, 1.165) is 35.3 Å². The molecule has 1 saturated heterocycles. The molecule has 2 aromatic rings. The molecule has 0 aliphatic carbocycles. The lowest BCUT2D eigenvalue weighted by Crippen LogP contribution is -2.25. The number of benzene rings is 1. The average Bonchev–Trinajstić information content (AvgIpc) is 2.81. The minimum Gasteiger partial charge on any atom is -0.616 e. The van der Waals surface area contributed by atoms with Crippen LogP contribution in [0.5, 0.6) is 5.75 Å². The number of fused-ring (bicyclic) bond motifs is 1. The van der Waals surface area contributed by atoms with Crippen molar-refractivity contribution in [1.29, 1.82) is 0 Å². The van der Waals surface area contributed by atoms with Crippen LogP contribution in [0.15, 0.2) is 18.3 Å². The molecule has 1 aliphatic heterocycles. The molecule has 0 bridgehead atoms. The zero-order chi connectivity index (χ0) is 13.4. The number of methoxy groups -OCH3 is 1. The van der Waals surface area contributed by atoms with E-state index in [1.54, 1.807) is 7.11 Å². The Morgan fingerprint density at radius 1 is 1.42 bits per heavy atom. The third-order valence-electron chi connectivity index (χ3n) is 3.61. The third-order valence-corrected chi connectivity index (χ3v) is 4.99. The molecule has 0 saturated carbocycles. The summed E-state index contributed by atoms with van der Waals surface area (Å²) in [5, 5.41) is 5.61. The maximum Gasteiger partial charge on any atom is 0.144 e. The van der Waals surface area contributed by atoms with E-state index < -0.39 is 11.2 Å². The van der Waals surface area contributed by atoms with Gasteiger partial charge in [0.1, 0.15) is 17.3 Å². The molecule has 0 amide bonds. The van der Waals surface area contributed by atoms with Gasteiger partial charge in [0.15, 0.2) is 0 Å². The van der Waals surface area contributed by atoms with Gasteiger partial charge in [-0.15, -0.1) is 0 Å². The SMILES string of the molecule is COc1cc2nn(C3CC[S+]([O-])CC3)cc2cc1N. The Hall–Kier alpha value is -1.40.